The Kier molecular flexibility index (Phi) is 2.97. The molecule has 0 aliphatic rings. The molecule has 0 aliphatic carbocycles. The fraction of sp³-hybridized carbons (Fsp3) is 0.182. The summed E-state index contributed by atoms with van der Waals surface area (Å²) in [6.07, 6.45) is 0. The van der Waals surface area contributed by atoms with Crippen molar-refractivity contribution in [2.75, 3.05) is 5.32 Å². The lowest BCUT2D eigenvalue weighted by Crippen LogP contribution is -2.00. The summed E-state index contributed by atoms with van der Waals surface area (Å²) >= 11 is 1.58. The van der Waals surface area contributed by atoms with Gasteiger partial charge in [-0.15, -0.1) is 11.3 Å². The number of aromatic nitrogens is 1. The number of rotatable bonds is 3. The molecule has 15 heavy (non-hydrogen) atoms. The molecule has 0 unspecified atom stereocenters. The second kappa shape index (κ2) is 4.40. The van der Waals surface area contributed by atoms with Crippen LogP contribution in [0.25, 0.3) is 0 Å². The molecule has 1 aromatic heterocycles. The van der Waals surface area contributed by atoms with E-state index in [0.29, 0.717) is 12.2 Å². The molecular formula is C11H11FN2S. The zero-order valence-corrected chi connectivity index (χ0v) is 9.14. The summed E-state index contributed by atoms with van der Waals surface area (Å²) in [6, 6.07) is 6.66. The third-order valence-electron chi connectivity index (χ3n) is 2.16. The third-order valence-corrected chi connectivity index (χ3v) is 3.09. The number of hydrogen-bond acceptors (Lipinski definition) is 3. The molecule has 1 heterocycles. The molecule has 1 N–H and O–H groups in total. The lowest BCUT2D eigenvalue weighted by atomic mass is 10.3. The summed E-state index contributed by atoms with van der Waals surface area (Å²) < 4.78 is 13.2. The van der Waals surface area contributed by atoms with Crippen LogP contribution in [0, 0.1) is 12.7 Å². The highest BCUT2D eigenvalue weighted by atomic mass is 32.1. The lowest BCUT2D eigenvalue weighted by Gasteiger charge is -2.05. The minimum atomic E-state index is -0.223. The molecule has 0 radical (unpaired) electrons. The van der Waals surface area contributed by atoms with Crippen LogP contribution in [0.3, 0.4) is 0 Å². The first-order valence-electron chi connectivity index (χ1n) is 4.65. The van der Waals surface area contributed by atoms with E-state index >= 15 is 0 Å². The highest BCUT2D eigenvalue weighted by Gasteiger charge is 2.03. The van der Waals surface area contributed by atoms with Crippen molar-refractivity contribution in [3.05, 3.63) is 46.2 Å². The van der Waals surface area contributed by atoms with Gasteiger partial charge in [-0.2, -0.15) is 0 Å². The van der Waals surface area contributed by atoms with Gasteiger partial charge in [-0.1, -0.05) is 12.1 Å². The van der Waals surface area contributed by atoms with Crippen molar-refractivity contribution < 1.29 is 4.39 Å². The molecule has 4 heteroatoms. The Morgan fingerprint density at radius 1 is 1.40 bits per heavy atom. The highest BCUT2D eigenvalue weighted by molar-refractivity contribution is 7.09. The molecule has 0 spiro atoms. The van der Waals surface area contributed by atoms with E-state index in [1.165, 1.54) is 6.07 Å². The molecule has 1 aromatic carbocycles. The van der Waals surface area contributed by atoms with Crippen LogP contribution in [0.5, 0.6) is 0 Å². The molecule has 0 amide bonds. The van der Waals surface area contributed by atoms with Gasteiger partial charge in [0.15, 0.2) is 0 Å². The predicted molar refractivity (Wildman–Crippen MR) is 60.6 cm³/mol. The number of nitrogens with zero attached hydrogens (tertiary/aromatic N) is 1. The second-order valence-corrected chi connectivity index (χ2v) is 4.13. The Morgan fingerprint density at radius 3 is 2.87 bits per heavy atom. The fourth-order valence-corrected chi connectivity index (χ4v) is 1.99. The van der Waals surface area contributed by atoms with Crippen LogP contribution in [0.15, 0.2) is 29.8 Å². The first-order valence-corrected chi connectivity index (χ1v) is 5.52. The first kappa shape index (κ1) is 10.1. The quantitative estimate of drug-likeness (QED) is 0.862. The van der Waals surface area contributed by atoms with Crippen LogP contribution in [0.2, 0.25) is 0 Å². The van der Waals surface area contributed by atoms with E-state index in [1.54, 1.807) is 29.0 Å². The number of halogens is 1. The van der Waals surface area contributed by atoms with E-state index in [2.05, 4.69) is 10.3 Å². The monoisotopic (exact) mass is 222 g/mol. The van der Waals surface area contributed by atoms with Gasteiger partial charge in [-0.3, -0.25) is 0 Å². The van der Waals surface area contributed by atoms with Crippen molar-refractivity contribution >= 4 is 17.0 Å². The number of para-hydroxylation sites is 1. The van der Waals surface area contributed by atoms with Gasteiger partial charge in [0, 0.05) is 4.88 Å². The molecule has 0 saturated carbocycles. The fourth-order valence-electron chi connectivity index (χ4n) is 1.28. The highest BCUT2D eigenvalue weighted by Crippen LogP contribution is 2.17. The normalized spacial score (nSPS) is 10.3. The predicted octanol–water partition coefficient (Wildman–Crippen LogP) is 3.20. The van der Waals surface area contributed by atoms with Gasteiger partial charge in [-0.05, 0) is 19.1 Å². The summed E-state index contributed by atoms with van der Waals surface area (Å²) in [5, 5.41) is 3.05. The molecule has 0 saturated heterocycles. The van der Waals surface area contributed by atoms with Crippen LogP contribution < -0.4 is 5.32 Å². The summed E-state index contributed by atoms with van der Waals surface area (Å²) in [5.74, 6) is -0.223. The van der Waals surface area contributed by atoms with Crippen molar-refractivity contribution in [1.29, 1.82) is 0 Å². The van der Waals surface area contributed by atoms with Crippen LogP contribution >= 0.6 is 11.3 Å². The number of benzene rings is 1. The van der Waals surface area contributed by atoms with Gasteiger partial charge in [0.1, 0.15) is 5.82 Å². The van der Waals surface area contributed by atoms with E-state index < -0.39 is 0 Å². The molecule has 0 atom stereocenters. The van der Waals surface area contributed by atoms with Crippen molar-refractivity contribution in [3.8, 4) is 0 Å². The van der Waals surface area contributed by atoms with E-state index in [0.717, 1.165) is 10.6 Å². The van der Waals surface area contributed by atoms with Crippen LogP contribution in [-0.2, 0) is 6.54 Å². The van der Waals surface area contributed by atoms with Gasteiger partial charge >= 0.3 is 0 Å². The second-order valence-electron chi connectivity index (χ2n) is 3.19. The van der Waals surface area contributed by atoms with Crippen molar-refractivity contribution in [2.24, 2.45) is 0 Å². The number of hydrogen-bond donors (Lipinski definition) is 1. The first-order chi connectivity index (χ1) is 7.27. The lowest BCUT2D eigenvalue weighted by molar-refractivity contribution is 0.630. The molecule has 0 fully saturated rings. The Bertz CT molecular complexity index is 453. The van der Waals surface area contributed by atoms with Gasteiger partial charge in [0.25, 0.3) is 0 Å². The average molecular weight is 222 g/mol. The average Bonchev–Trinajstić information content (AvgIpc) is 2.63. The number of thiazole rings is 1. The summed E-state index contributed by atoms with van der Waals surface area (Å²) in [6.45, 7) is 2.58. The zero-order valence-electron chi connectivity index (χ0n) is 8.33. The van der Waals surface area contributed by atoms with E-state index in [1.807, 2.05) is 13.0 Å². The molecule has 2 rings (SSSR count). The van der Waals surface area contributed by atoms with Crippen LogP contribution in [-0.4, -0.2) is 4.98 Å². The smallest absolute Gasteiger partial charge is 0.146 e. The third kappa shape index (κ3) is 2.33. The topological polar surface area (TPSA) is 24.9 Å². The minimum Gasteiger partial charge on any atom is -0.378 e. The maximum Gasteiger partial charge on any atom is 0.146 e. The van der Waals surface area contributed by atoms with Crippen LogP contribution in [0.4, 0.5) is 10.1 Å². The minimum absolute atomic E-state index is 0.223. The number of anilines is 1. The van der Waals surface area contributed by atoms with Gasteiger partial charge in [0.05, 0.1) is 23.4 Å². The zero-order chi connectivity index (χ0) is 10.7. The van der Waals surface area contributed by atoms with Crippen LogP contribution in [0.1, 0.15) is 10.6 Å². The number of aryl methyl sites for hydroxylation is 1. The van der Waals surface area contributed by atoms with Crippen molar-refractivity contribution in [3.63, 3.8) is 0 Å². The summed E-state index contributed by atoms with van der Waals surface area (Å²) in [7, 11) is 0. The Hall–Kier alpha value is -1.42. The van der Waals surface area contributed by atoms with E-state index in [-0.39, 0.29) is 5.82 Å². The SMILES string of the molecule is Cc1ncsc1CNc1ccccc1F. The standard InChI is InChI=1S/C11H11FN2S/c1-8-11(15-7-14-8)6-13-10-5-3-2-4-9(10)12/h2-5,7,13H,6H2,1H3. The molecule has 0 aliphatic heterocycles. The Morgan fingerprint density at radius 2 is 2.20 bits per heavy atom. The maximum atomic E-state index is 13.2. The van der Waals surface area contributed by atoms with E-state index in [4.69, 9.17) is 0 Å². The number of nitrogens with one attached hydrogen (secondary N) is 1. The van der Waals surface area contributed by atoms with E-state index in [9.17, 15) is 4.39 Å². The summed E-state index contributed by atoms with van der Waals surface area (Å²) in [4.78, 5) is 5.27. The molecule has 2 aromatic rings. The van der Waals surface area contributed by atoms with Gasteiger partial charge in [-0.25, -0.2) is 9.37 Å². The Labute approximate surface area is 91.8 Å². The molecule has 78 valence electrons. The molecular weight excluding hydrogens is 211 g/mol. The van der Waals surface area contributed by atoms with Gasteiger partial charge < -0.3 is 5.32 Å². The largest absolute Gasteiger partial charge is 0.378 e. The molecule has 0 bridgehead atoms. The maximum absolute atomic E-state index is 13.2. The van der Waals surface area contributed by atoms with Crippen molar-refractivity contribution in [2.45, 2.75) is 13.5 Å². The Balaban J connectivity index is 2.06. The van der Waals surface area contributed by atoms with Gasteiger partial charge in [0.2, 0.25) is 0 Å². The van der Waals surface area contributed by atoms with Crippen molar-refractivity contribution in [1.82, 2.24) is 4.98 Å². The summed E-state index contributed by atoms with van der Waals surface area (Å²) in [5.41, 5.74) is 3.34. The molecule has 2 nitrogen and oxygen atoms in total.